The molecule has 19 heavy (non-hydrogen) atoms. The Hall–Kier alpha value is -1.36. The number of hydrogen-bond donors (Lipinski definition) is 0. The van der Waals surface area contributed by atoms with E-state index in [1.807, 2.05) is 29.6 Å². The van der Waals surface area contributed by atoms with E-state index in [2.05, 4.69) is 10.00 Å². The van der Waals surface area contributed by atoms with Crippen molar-refractivity contribution >= 4 is 5.91 Å². The van der Waals surface area contributed by atoms with Gasteiger partial charge in [-0.15, -0.1) is 0 Å². The fraction of sp³-hybridized carbons (Fsp3) is 0.714. The minimum Gasteiger partial charge on any atom is -0.336 e. The number of hydrogen-bond acceptors (Lipinski definition) is 3. The van der Waals surface area contributed by atoms with Gasteiger partial charge in [-0.2, -0.15) is 5.10 Å². The van der Waals surface area contributed by atoms with Crippen LogP contribution in [0.2, 0.25) is 0 Å². The summed E-state index contributed by atoms with van der Waals surface area (Å²) in [6.45, 7) is 8.74. The van der Waals surface area contributed by atoms with E-state index in [0.717, 1.165) is 37.4 Å². The van der Waals surface area contributed by atoms with Crippen molar-refractivity contribution in [1.82, 2.24) is 19.6 Å². The zero-order chi connectivity index (χ0) is 13.4. The van der Waals surface area contributed by atoms with Gasteiger partial charge in [-0.3, -0.25) is 14.4 Å². The number of aryl methyl sites for hydroxylation is 2. The number of fused-ring (bicyclic) bond motifs is 1. The zero-order valence-corrected chi connectivity index (χ0v) is 11.8. The Bertz CT molecular complexity index is 482. The first kappa shape index (κ1) is 12.7. The van der Waals surface area contributed by atoms with Crippen LogP contribution in [0, 0.1) is 6.92 Å². The van der Waals surface area contributed by atoms with Crippen molar-refractivity contribution in [2.24, 2.45) is 0 Å². The maximum Gasteiger partial charge on any atom is 0.257 e. The molecular formula is C14H22N4O. The molecule has 0 unspecified atom stereocenters. The molecular weight excluding hydrogens is 240 g/mol. The molecule has 1 aromatic rings. The summed E-state index contributed by atoms with van der Waals surface area (Å²) < 4.78 is 1.84. The molecule has 1 aromatic heterocycles. The Morgan fingerprint density at radius 3 is 3.00 bits per heavy atom. The first-order valence-electron chi connectivity index (χ1n) is 7.26. The largest absolute Gasteiger partial charge is 0.336 e. The van der Waals surface area contributed by atoms with E-state index in [4.69, 9.17) is 0 Å². The van der Waals surface area contributed by atoms with Crippen molar-refractivity contribution in [2.45, 2.75) is 39.3 Å². The molecule has 0 aliphatic carbocycles. The van der Waals surface area contributed by atoms with Gasteiger partial charge in [-0.05, 0) is 33.2 Å². The van der Waals surface area contributed by atoms with Gasteiger partial charge >= 0.3 is 0 Å². The fourth-order valence-electron chi connectivity index (χ4n) is 3.24. The molecule has 0 radical (unpaired) electrons. The molecule has 2 aliphatic heterocycles. The third-order valence-electron chi connectivity index (χ3n) is 4.38. The summed E-state index contributed by atoms with van der Waals surface area (Å²) in [5.74, 6) is 0.156. The van der Waals surface area contributed by atoms with Gasteiger partial charge in [0.25, 0.3) is 5.91 Å². The highest BCUT2D eigenvalue weighted by molar-refractivity contribution is 5.95. The van der Waals surface area contributed by atoms with Gasteiger partial charge in [-0.25, -0.2) is 0 Å². The zero-order valence-electron chi connectivity index (χ0n) is 11.8. The van der Waals surface area contributed by atoms with E-state index in [0.29, 0.717) is 6.04 Å². The Morgan fingerprint density at radius 1 is 1.42 bits per heavy atom. The number of rotatable bonds is 2. The van der Waals surface area contributed by atoms with E-state index in [-0.39, 0.29) is 5.91 Å². The average molecular weight is 262 g/mol. The van der Waals surface area contributed by atoms with Crippen LogP contribution in [-0.2, 0) is 6.54 Å². The predicted octanol–water partition coefficient (Wildman–Crippen LogP) is 1.13. The highest BCUT2D eigenvalue weighted by Crippen LogP contribution is 2.23. The minimum atomic E-state index is 0.156. The minimum absolute atomic E-state index is 0.156. The Balaban J connectivity index is 1.74. The first-order valence-corrected chi connectivity index (χ1v) is 7.26. The van der Waals surface area contributed by atoms with Gasteiger partial charge in [0.1, 0.15) is 0 Å². The normalized spacial score (nSPS) is 23.7. The van der Waals surface area contributed by atoms with Crippen molar-refractivity contribution in [3.63, 3.8) is 0 Å². The summed E-state index contributed by atoms with van der Waals surface area (Å²) in [4.78, 5) is 17.1. The standard InChI is InChI=1S/C14H22N4O/c1-3-18-10-13(11(2)15-18)14(19)17-8-7-16-6-4-5-12(16)9-17/h10,12H,3-9H2,1-2H3/t12-/m0/s1. The fourth-order valence-corrected chi connectivity index (χ4v) is 3.24. The summed E-state index contributed by atoms with van der Waals surface area (Å²) in [7, 11) is 0. The van der Waals surface area contributed by atoms with Gasteiger partial charge in [0, 0.05) is 38.4 Å². The van der Waals surface area contributed by atoms with Crippen LogP contribution in [-0.4, -0.2) is 57.7 Å². The lowest BCUT2D eigenvalue weighted by atomic mass is 10.1. The molecule has 0 saturated carbocycles. The molecule has 2 saturated heterocycles. The summed E-state index contributed by atoms with van der Waals surface area (Å²) in [6, 6.07) is 0.583. The second-order valence-electron chi connectivity index (χ2n) is 5.57. The molecule has 2 aliphatic rings. The van der Waals surface area contributed by atoms with Crippen LogP contribution in [0.4, 0.5) is 0 Å². The van der Waals surface area contributed by atoms with Crippen molar-refractivity contribution in [1.29, 1.82) is 0 Å². The van der Waals surface area contributed by atoms with Gasteiger partial charge in [0.2, 0.25) is 0 Å². The van der Waals surface area contributed by atoms with E-state index in [1.165, 1.54) is 19.4 Å². The smallest absolute Gasteiger partial charge is 0.257 e. The molecule has 5 heteroatoms. The van der Waals surface area contributed by atoms with Crippen LogP contribution in [0.25, 0.3) is 0 Å². The van der Waals surface area contributed by atoms with E-state index >= 15 is 0 Å². The van der Waals surface area contributed by atoms with E-state index in [1.54, 1.807) is 0 Å². The van der Waals surface area contributed by atoms with Crippen LogP contribution in [0.15, 0.2) is 6.20 Å². The maximum absolute atomic E-state index is 12.6. The maximum atomic E-state index is 12.6. The van der Waals surface area contributed by atoms with E-state index < -0.39 is 0 Å². The Labute approximate surface area is 114 Å². The number of carbonyl (C=O) groups is 1. The second kappa shape index (κ2) is 4.96. The monoisotopic (exact) mass is 262 g/mol. The van der Waals surface area contributed by atoms with Gasteiger partial charge in [0.05, 0.1) is 11.3 Å². The molecule has 0 N–H and O–H groups in total. The molecule has 1 atom stereocenters. The summed E-state index contributed by atoms with van der Waals surface area (Å²) in [6.07, 6.45) is 4.40. The summed E-state index contributed by atoms with van der Waals surface area (Å²) in [5.41, 5.74) is 1.62. The lowest BCUT2D eigenvalue weighted by molar-refractivity contribution is 0.0570. The van der Waals surface area contributed by atoms with E-state index in [9.17, 15) is 4.79 Å². The lowest BCUT2D eigenvalue weighted by Crippen LogP contribution is -2.52. The lowest BCUT2D eigenvalue weighted by Gasteiger charge is -2.37. The van der Waals surface area contributed by atoms with Gasteiger partial charge < -0.3 is 4.90 Å². The average Bonchev–Trinajstić information content (AvgIpc) is 3.02. The van der Waals surface area contributed by atoms with Crippen molar-refractivity contribution in [3.8, 4) is 0 Å². The third kappa shape index (κ3) is 2.27. The molecule has 3 rings (SSSR count). The summed E-state index contributed by atoms with van der Waals surface area (Å²) >= 11 is 0. The van der Waals surface area contributed by atoms with Crippen molar-refractivity contribution in [2.75, 3.05) is 26.2 Å². The number of amides is 1. The van der Waals surface area contributed by atoms with Crippen LogP contribution < -0.4 is 0 Å². The van der Waals surface area contributed by atoms with Crippen LogP contribution >= 0.6 is 0 Å². The van der Waals surface area contributed by atoms with Crippen LogP contribution in [0.1, 0.15) is 35.8 Å². The molecule has 0 bridgehead atoms. The first-order chi connectivity index (χ1) is 9.19. The second-order valence-corrected chi connectivity index (χ2v) is 5.57. The van der Waals surface area contributed by atoms with Crippen molar-refractivity contribution in [3.05, 3.63) is 17.5 Å². The molecule has 104 valence electrons. The van der Waals surface area contributed by atoms with Crippen LogP contribution in [0.5, 0.6) is 0 Å². The number of piperazine rings is 1. The highest BCUT2D eigenvalue weighted by Gasteiger charge is 2.33. The number of carbonyl (C=O) groups excluding carboxylic acids is 1. The Kier molecular flexibility index (Phi) is 3.31. The molecule has 5 nitrogen and oxygen atoms in total. The SMILES string of the molecule is CCn1cc(C(=O)N2CCN3CCC[C@H]3C2)c(C)n1. The number of nitrogens with zero attached hydrogens (tertiary/aromatic N) is 4. The molecule has 1 amide bonds. The Morgan fingerprint density at radius 2 is 2.26 bits per heavy atom. The molecule has 3 heterocycles. The molecule has 0 aromatic carbocycles. The summed E-state index contributed by atoms with van der Waals surface area (Å²) in [5, 5.41) is 4.37. The quantitative estimate of drug-likeness (QED) is 0.802. The predicted molar refractivity (Wildman–Crippen MR) is 73.1 cm³/mol. The molecule has 2 fully saturated rings. The van der Waals surface area contributed by atoms with Crippen LogP contribution in [0.3, 0.4) is 0 Å². The van der Waals surface area contributed by atoms with Crippen molar-refractivity contribution < 1.29 is 4.79 Å². The van der Waals surface area contributed by atoms with Gasteiger partial charge in [0.15, 0.2) is 0 Å². The highest BCUT2D eigenvalue weighted by atomic mass is 16.2. The van der Waals surface area contributed by atoms with Gasteiger partial charge in [-0.1, -0.05) is 0 Å². The molecule has 0 spiro atoms. The number of aromatic nitrogens is 2. The topological polar surface area (TPSA) is 41.4 Å². The third-order valence-corrected chi connectivity index (χ3v) is 4.38.